The van der Waals surface area contributed by atoms with Crippen molar-refractivity contribution in [2.75, 3.05) is 19.8 Å². The Morgan fingerprint density at radius 1 is 0.912 bits per heavy atom. The Morgan fingerprint density at radius 2 is 1.56 bits per heavy atom. The molecule has 2 unspecified atom stereocenters. The van der Waals surface area contributed by atoms with Gasteiger partial charge in [0, 0.05) is 12.0 Å². The molecule has 6 nitrogen and oxygen atoms in total. The van der Waals surface area contributed by atoms with Crippen LogP contribution >= 0.6 is 18.5 Å². The zero-order valence-corrected chi connectivity index (χ0v) is 21.2. The van der Waals surface area contributed by atoms with Gasteiger partial charge in [0.05, 0.1) is 13.2 Å². The van der Waals surface area contributed by atoms with Gasteiger partial charge in [0.2, 0.25) is 6.29 Å². The summed E-state index contributed by atoms with van der Waals surface area (Å²) in [5, 5.41) is 0. The lowest BCUT2D eigenvalue weighted by Gasteiger charge is -2.16. The van der Waals surface area contributed by atoms with Gasteiger partial charge in [-0.25, -0.2) is 14.6 Å². The predicted octanol–water partition coefficient (Wildman–Crippen LogP) is 4.39. The molecule has 2 aliphatic rings. The first-order valence-corrected chi connectivity index (χ1v) is 12.9. The Labute approximate surface area is 205 Å². The summed E-state index contributed by atoms with van der Waals surface area (Å²) in [6.07, 6.45) is 7.48. The van der Waals surface area contributed by atoms with E-state index in [1.54, 1.807) is 6.08 Å². The molecule has 0 saturated carbocycles. The molecule has 0 N–H and O–H groups in total. The third-order valence-corrected chi connectivity index (χ3v) is 6.76. The first kappa shape index (κ1) is 25.2. The quantitative estimate of drug-likeness (QED) is 0.120. The molecular formula is C26H30O6P2. The molecule has 0 radical (unpaired) electrons. The van der Waals surface area contributed by atoms with Crippen LogP contribution in [0.15, 0.2) is 60.7 Å². The number of rotatable bonds is 10. The van der Waals surface area contributed by atoms with Crippen molar-refractivity contribution >= 4 is 36.6 Å². The molecule has 2 saturated heterocycles. The maximum absolute atomic E-state index is 12.2. The predicted molar refractivity (Wildman–Crippen MR) is 138 cm³/mol. The summed E-state index contributed by atoms with van der Waals surface area (Å²) in [5.41, 5.74) is 4.52. The van der Waals surface area contributed by atoms with E-state index in [0.29, 0.717) is 19.8 Å². The molecule has 0 aromatic heterocycles. The Bertz CT molecular complexity index is 989. The normalized spacial score (nSPS) is 24.2. The molecular weight excluding hydrogens is 470 g/mol. The lowest BCUT2D eigenvalue weighted by Crippen LogP contribution is -2.31. The van der Waals surface area contributed by atoms with Crippen molar-refractivity contribution in [2.24, 2.45) is 5.92 Å². The van der Waals surface area contributed by atoms with E-state index in [9.17, 15) is 4.79 Å². The third kappa shape index (κ3) is 6.82. The molecule has 2 fully saturated rings. The lowest BCUT2D eigenvalue weighted by atomic mass is 10.0. The number of benzene rings is 2. The van der Waals surface area contributed by atoms with Crippen molar-refractivity contribution in [3.63, 3.8) is 0 Å². The zero-order chi connectivity index (χ0) is 23.8. The molecule has 2 heterocycles. The minimum atomic E-state index is -0.750. The van der Waals surface area contributed by atoms with E-state index in [2.05, 4.69) is 42.7 Å². The van der Waals surface area contributed by atoms with E-state index >= 15 is 0 Å². The van der Waals surface area contributed by atoms with Gasteiger partial charge >= 0.3 is 5.97 Å². The second kappa shape index (κ2) is 12.7. The molecule has 2 aliphatic heterocycles. The maximum atomic E-state index is 12.2. The monoisotopic (exact) mass is 500 g/mol. The van der Waals surface area contributed by atoms with Crippen molar-refractivity contribution in [3.8, 4) is 0 Å². The minimum Gasteiger partial charge on any atom is -0.430 e. The van der Waals surface area contributed by atoms with Crippen molar-refractivity contribution in [2.45, 2.75) is 30.8 Å². The van der Waals surface area contributed by atoms with Gasteiger partial charge in [-0.1, -0.05) is 60.7 Å². The van der Waals surface area contributed by atoms with Gasteiger partial charge < -0.3 is 14.2 Å². The van der Waals surface area contributed by atoms with Crippen LogP contribution in [0.2, 0.25) is 0 Å². The second-order valence-electron chi connectivity index (χ2n) is 8.15. The van der Waals surface area contributed by atoms with Gasteiger partial charge in [-0.15, -0.1) is 18.5 Å². The Kier molecular flexibility index (Phi) is 9.41. The first-order valence-electron chi connectivity index (χ1n) is 11.3. The SMILES string of the molecule is O=C(/C=C/c1ccc(CP)cc1)O[C@@H]1OC[C@H]2[C@@H]1OC[C@@H]2OOCC=Cc1ccc(CP)cc1. The zero-order valence-electron chi connectivity index (χ0n) is 18.9. The van der Waals surface area contributed by atoms with Crippen LogP contribution in [0.1, 0.15) is 22.3 Å². The fraction of sp³-hybridized carbons (Fsp3) is 0.346. The smallest absolute Gasteiger partial charge is 0.333 e. The van der Waals surface area contributed by atoms with E-state index in [1.807, 2.05) is 36.4 Å². The summed E-state index contributed by atoms with van der Waals surface area (Å²) in [5.74, 6) is -0.523. The number of esters is 1. The molecule has 34 heavy (non-hydrogen) atoms. The fourth-order valence-electron chi connectivity index (χ4n) is 3.85. The number of ether oxygens (including phenoxy) is 3. The summed E-state index contributed by atoms with van der Waals surface area (Å²) in [6.45, 7) is 1.07. The van der Waals surface area contributed by atoms with Crippen LogP contribution in [0.4, 0.5) is 0 Å². The van der Waals surface area contributed by atoms with E-state index in [0.717, 1.165) is 23.5 Å². The minimum absolute atomic E-state index is 0.0512. The van der Waals surface area contributed by atoms with Gasteiger partial charge in [-0.05, 0) is 40.7 Å². The highest BCUT2D eigenvalue weighted by Crippen LogP contribution is 2.34. The van der Waals surface area contributed by atoms with Gasteiger partial charge in [0.1, 0.15) is 18.8 Å². The van der Waals surface area contributed by atoms with Crippen LogP contribution in [-0.4, -0.2) is 44.3 Å². The van der Waals surface area contributed by atoms with Crippen molar-refractivity contribution in [1.82, 2.24) is 0 Å². The molecule has 0 bridgehead atoms. The number of carbonyl (C=O) groups excluding carboxylic acids is 1. The Morgan fingerprint density at radius 3 is 2.21 bits per heavy atom. The average molecular weight is 500 g/mol. The highest BCUT2D eigenvalue weighted by molar-refractivity contribution is 7.15. The van der Waals surface area contributed by atoms with Crippen molar-refractivity contribution in [3.05, 3.63) is 82.9 Å². The topological polar surface area (TPSA) is 63.2 Å². The molecule has 0 aliphatic carbocycles. The molecule has 0 amide bonds. The van der Waals surface area contributed by atoms with Crippen molar-refractivity contribution < 1.29 is 28.8 Å². The summed E-state index contributed by atoms with van der Waals surface area (Å²) in [6, 6.07) is 16.3. The van der Waals surface area contributed by atoms with Crippen LogP contribution in [0.5, 0.6) is 0 Å². The van der Waals surface area contributed by atoms with E-state index in [4.69, 9.17) is 24.0 Å². The van der Waals surface area contributed by atoms with Gasteiger partial charge in [0.15, 0.2) is 0 Å². The summed E-state index contributed by atoms with van der Waals surface area (Å²) >= 11 is 0. The van der Waals surface area contributed by atoms with E-state index in [1.165, 1.54) is 17.2 Å². The van der Waals surface area contributed by atoms with Gasteiger partial charge in [-0.3, -0.25) is 0 Å². The van der Waals surface area contributed by atoms with Gasteiger partial charge in [-0.2, -0.15) is 0 Å². The second-order valence-corrected chi connectivity index (χ2v) is 8.96. The number of hydrogen-bond donors (Lipinski definition) is 0. The Balaban J connectivity index is 1.18. The van der Waals surface area contributed by atoms with Crippen LogP contribution in [-0.2, 0) is 41.1 Å². The molecule has 0 spiro atoms. The molecule has 180 valence electrons. The lowest BCUT2D eigenvalue weighted by molar-refractivity contribution is -0.322. The van der Waals surface area contributed by atoms with Crippen LogP contribution in [0.25, 0.3) is 12.2 Å². The largest absolute Gasteiger partial charge is 0.430 e. The van der Waals surface area contributed by atoms with E-state index < -0.39 is 12.3 Å². The maximum Gasteiger partial charge on any atom is 0.333 e. The van der Waals surface area contributed by atoms with Crippen LogP contribution in [0.3, 0.4) is 0 Å². The van der Waals surface area contributed by atoms with Crippen LogP contribution < -0.4 is 0 Å². The highest BCUT2D eigenvalue weighted by Gasteiger charge is 2.50. The number of carbonyl (C=O) groups is 1. The fourth-order valence-corrected chi connectivity index (χ4v) is 4.39. The molecule has 6 atom stereocenters. The standard InChI is InChI=1S/C26H30O6P2/c27-24(12-11-19-5-9-21(17-34)10-6-19)31-26-25-22(14-29-26)23(15-28-25)32-30-13-1-2-18-3-7-20(16-33)8-4-18/h1-12,22-23,25-26H,13-17,33-34H2/b2-1?,12-11+/t22-,23+,25+,26+/m1/s1. The first-order chi connectivity index (χ1) is 16.7. The Hall–Kier alpha value is -1.91. The number of fused-ring (bicyclic) bond motifs is 1. The van der Waals surface area contributed by atoms with Gasteiger partial charge in [0.25, 0.3) is 0 Å². The summed E-state index contributed by atoms with van der Waals surface area (Å²) < 4.78 is 16.9. The average Bonchev–Trinajstić information content (AvgIpc) is 3.46. The summed E-state index contributed by atoms with van der Waals surface area (Å²) in [7, 11) is 5.40. The van der Waals surface area contributed by atoms with E-state index in [-0.39, 0.29) is 18.1 Å². The molecule has 2 aromatic carbocycles. The summed E-state index contributed by atoms with van der Waals surface area (Å²) in [4.78, 5) is 23.2. The van der Waals surface area contributed by atoms with Crippen molar-refractivity contribution in [1.29, 1.82) is 0 Å². The molecule has 8 heteroatoms. The highest BCUT2D eigenvalue weighted by atomic mass is 31.0. The number of hydrogen-bond acceptors (Lipinski definition) is 6. The van der Waals surface area contributed by atoms with Crippen LogP contribution in [0, 0.1) is 5.92 Å². The third-order valence-electron chi connectivity index (χ3n) is 5.81. The molecule has 4 rings (SSSR count). The molecule has 2 aromatic rings.